The quantitative estimate of drug-likeness (QED) is 0.527. The van der Waals surface area contributed by atoms with E-state index in [0.717, 1.165) is 28.8 Å². The first kappa shape index (κ1) is 18.7. The van der Waals surface area contributed by atoms with Crippen LogP contribution in [0.25, 0.3) is 22.2 Å². The van der Waals surface area contributed by atoms with Crippen LogP contribution >= 0.6 is 0 Å². The number of hydrogen-bond acceptors (Lipinski definition) is 5. The average molecular weight is 389 g/mol. The minimum atomic E-state index is -0.238. The predicted molar refractivity (Wildman–Crippen MR) is 114 cm³/mol. The van der Waals surface area contributed by atoms with Crippen LogP contribution < -0.4 is 15.8 Å². The van der Waals surface area contributed by atoms with Crippen LogP contribution in [0, 0.1) is 0 Å². The van der Waals surface area contributed by atoms with Crippen molar-refractivity contribution in [1.29, 1.82) is 0 Å². The maximum atomic E-state index is 12.9. The molecule has 0 aliphatic rings. The van der Waals surface area contributed by atoms with Gasteiger partial charge in [0.1, 0.15) is 22.6 Å². The van der Waals surface area contributed by atoms with Crippen LogP contribution in [0.3, 0.4) is 0 Å². The first-order valence-electron chi connectivity index (χ1n) is 9.58. The number of anilines is 1. The molecule has 0 radical (unpaired) electrons. The number of carbonyl (C=O) groups is 1. The van der Waals surface area contributed by atoms with Crippen LogP contribution in [0.1, 0.15) is 29.3 Å². The van der Waals surface area contributed by atoms with Gasteiger partial charge in [0.05, 0.1) is 24.7 Å². The first-order valence-corrected chi connectivity index (χ1v) is 9.58. The van der Waals surface area contributed by atoms with E-state index < -0.39 is 0 Å². The van der Waals surface area contributed by atoms with Gasteiger partial charge in [0.2, 0.25) is 0 Å². The fourth-order valence-electron chi connectivity index (χ4n) is 3.43. The molecule has 4 aromatic rings. The molecule has 0 unspecified atom stereocenters. The Kier molecular flexibility index (Phi) is 5.03. The average Bonchev–Trinajstić information content (AvgIpc) is 3.01. The second-order valence-corrected chi connectivity index (χ2v) is 6.80. The third kappa shape index (κ3) is 3.35. The summed E-state index contributed by atoms with van der Waals surface area (Å²) in [5.41, 5.74) is 10.3. The molecule has 0 fully saturated rings. The zero-order valence-electron chi connectivity index (χ0n) is 16.5. The van der Waals surface area contributed by atoms with E-state index in [1.54, 1.807) is 7.11 Å². The van der Waals surface area contributed by atoms with Gasteiger partial charge in [-0.15, -0.1) is 0 Å². The van der Waals surface area contributed by atoms with E-state index in [0.29, 0.717) is 35.6 Å². The Balaban J connectivity index is 1.94. The molecule has 148 valence electrons. The molecule has 0 saturated heterocycles. The minimum Gasteiger partial charge on any atom is -0.496 e. The number of nitrogens with one attached hydrogen (secondary N) is 1. The van der Waals surface area contributed by atoms with Crippen molar-refractivity contribution in [3.8, 4) is 5.75 Å². The molecule has 7 nitrogen and oxygen atoms in total. The van der Waals surface area contributed by atoms with Crippen LogP contribution in [-0.4, -0.2) is 34.1 Å². The molecule has 2 aromatic carbocycles. The lowest BCUT2D eigenvalue weighted by atomic mass is 10.2. The van der Waals surface area contributed by atoms with Gasteiger partial charge >= 0.3 is 0 Å². The van der Waals surface area contributed by atoms with E-state index in [4.69, 9.17) is 20.4 Å². The highest BCUT2D eigenvalue weighted by molar-refractivity contribution is 6.10. The highest BCUT2D eigenvalue weighted by atomic mass is 16.5. The van der Waals surface area contributed by atoms with E-state index in [9.17, 15) is 4.79 Å². The van der Waals surface area contributed by atoms with Crippen molar-refractivity contribution in [2.75, 3.05) is 19.4 Å². The molecule has 7 heteroatoms. The lowest BCUT2D eigenvalue weighted by molar-refractivity contribution is 0.0956. The van der Waals surface area contributed by atoms with Gasteiger partial charge in [0, 0.05) is 12.1 Å². The third-order valence-corrected chi connectivity index (χ3v) is 4.88. The van der Waals surface area contributed by atoms with Gasteiger partial charge in [-0.1, -0.05) is 37.3 Å². The number of carbonyl (C=O) groups excluding carboxylic acids is 1. The highest BCUT2D eigenvalue weighted by Gasteiger charge is 2.24. The Morgan fingerprint density at radius 1 is 1.10 bits per heavy atom. The number of benzene rings is 2. The van der Waals surface area contributed by atoms with Crippen LogP contribution in [0.2, 0.25) is 0 Å². The maximum absolute atomic E-state index is 12.9. The molecule has 0 bridgehead atoms. The standard InChI is InChI=1S/C22H23N5O2/c1-3-12-24-22(28)18-19-21(26-16-10-6-5-9-15(16)25-19)27(20(18)23)13-14-8-4-7-11-17(14)29-2/h4-11H,3,12-13,23H2,1-2H3,(H,24,28). The first-order chi connectivity index (χ1) is 14.1. The molecule has 29 heavy (non-hydrogen) atoms. The van der Waals surface area contributed by atoms with Gasteiger partial charge in [-0.05, 0) is 24.6 Å². The number of ether oxygens (including phenoxy) is 1. The number of methoxy groups -OCH3 is 1. The van der Waals surface area contributed by atoms with Gasteiger partial charge in [-0.3, -0.25) is 4.79 Å². The fraction of sp³-hybridized carbons (Fsp3) is 0.227. The number of hydrogen-bond donors (Lipinski definition) is 2. The van der Waals surface area contributed by atoms with Crippen molar-refractivity contribution in [3.05, 3.63) is 59.7 Å². The number of aromatic nitrogens is 3. The van der Waals surface area contributed by atoms with E-state index in [-0.39, 0.29) is 5.91 Å². The number of amides is 1. The lowest BCUT2D eigenvalue weighted by Gasteiger charge is -2.11. The van der Waals surface area contributed by atoms with Gasteiger partial charge in [-0.25, -0.2) is 9.97 Å². The number of nitrogen functional groups attached to an aromatic ring is 1. The summed E-state index contributed by atoms with van der Waals surface area (Å²) in [5.74, 6) is 0.854. The van der Waals surface area contributed by atoms with Crippen LogP contribution in [0.4, 0.5) is 5.82 Å². The molecule has 2 heterocycles. The molecule has 0 aliphatic carbocycles. The molecule has 0 spiro atoms. The summed E-state index contributed by atoms with van der Waals surface area (Å²) in [6, 6.07) is 15.3. The molecule has 2 aromatic heterocycles. The second kappa shape index (κ2) is 7.79. The number of rotatable bonds is 6. The zero-order valence-corrected chi connectivity index (χ0v) is 16.5. The smallest absolute Gasteiger partial charge is 0.257 e. The Hall–Kier alpha value is -3.61. The van der Waals surface area contributed by atoms with Crippen molar-refractivity contribution in [1.82, 2.24) is 19.9 Å². The molecule has 0 saturated carbocycles. The predicted octanol–water partition coefficient (Wildman–Crippen LogP) is 3.36. The van der Waals surface area contributed by atoms with Crippen LogP contribution in [0.5, 0.6) is 5.75 Å². The minimum absolute atomic E-state index is 0.238. The zero-order chi connectivity index (χ0) is 20.4. The second-order valence-electron chi connectivity index (χ2n) is 6.80. The molecular weight excluding hydrogens is 366 g/mol. The van der Waals surface area contributed by atoms with Gasteiger partial charge in [-0.2, -0.15) is 0 Å². The Labute approximate surface area is 168 Å². The fourth-order valence-corrected chi connectivity index (χ4v) is 3.43. The summed E-state index contributed by atoms with van der Waals surface area (Å²) < 4.78 is 7.30. The number of nitrogens with zero attached hydrogens (tertiary/aromatic N) is 3. The summed E-state index contributed by atoms with van der Waals surface area (Å²) in [7, 11) is 1.63. The topological polar surface area (TPSA) is 95.1 Å². The number of fused-ring (bicyclic) bond motifs is 2. The van der Waals surface area contributed by atoms with E-state index in [1.807, 2.05) is 60.0 Å². The van der Waals surface area contributed by atoms with Gasteiger partial charge < -0.3 is 20.4 Å². The summed E-state index contributed by atoms with van der Waals surface area (Å²) in [4.78, 5) is 22.4. The monoisotopic (exact) mass is 389 g/mol. The van der Waals surface area contributed by atoms with Gasteiger partial charge in [0.15, 0.2) is 5.65 Å². The summed E-state index contributed by atoms with van der Waals surface area (Å²) in [6.07, 6.45) is 0.833. The Morgan fingerprint density at radius 3 is 2.52 bits per heavy atom. The SMILES string of the molecule is CCCNC(=O)c1c(N)n(Cc2ccccc2OC)c2nc3ccccc3nc12. The summed E-state index contributed by atoms with van der Waals surface area (Å²) in [5, 5.41) is 2.90. The molecule has 3 N–H and O–H groups in total. The van der Waals surface area contributed by atoms with Crippen molar-refractivity contribution in [2.24, 2.45) is 0 Å². The third-order valence-electron chi connectivity index (χ3n) is 4.88. The normalized spacial score (nSPS) is 11.1. The van der Waals surface area contributed by atoms with Crippen molar-refractivity contribution in [2.45, 2.75) is 19.9 Å². The number of nitrogens with two attached hydrogens (primary N) is 1. The lowest BCUT2D eigenvalue weighted by Crippen LogP contribution is -2.25. The molecular formula is C22H23N5O2. The highest BCUT2D eigenvalue weighted by Crippen LogP contribution is 2.30. The molecule has 0 atom stereocenters. The van der Waals surface area contributed by atoms with Crippen molar-refractivity contribution >= 4 is 33.9 Å². The van der Waals surface area contributed by atoms with Crippen molar-refractivity contribution < 1.29 is 9.53 Å². The van der Waals surface area contributed by atoms with Crippen LogP contribution in [0.15, 0.2) is 48.5 Å². The largest absolute Gasteiger partial charge is 0.496 e. The van der Waals surface area contributed by atoms with E-state index in [1.165, 1.54) is 0 Å². The van der Waals surface area contributed by atoms with Gasteiger partial charge in [0.25, 0.3) is 5.91 Å². The molecule has 0 aliphatic heterocycles. The Morgan fingerprint density at radius 2 is 1.79 bits per heavy atom. The molecule has 4 rings (SSSR count). The van der Waals surface area contributed by atoms with Crippen molar-refractivity contribution in [3.63, 3.8) is 0 Å². The summed E-state index contributed by atoms with van der Waals surface area (Å²) in [6.45, 7) is 2.99. The van der Waals surface area contributed by atoms with E-state index >= 15 is 0 Å². The van der Waals surface area contributed by atoms with Crippen LogP contribution in [-0.2, 0) is 6.54 Å². The molecule has 1 amide bonds. The maximum Gasteiger partial charge on any atom is 0.257 e. The summed E-state index contributed by atoms with van der Waals surface area (Å²) >= 11 is 0. The Bertz CT molecular complexity index is 1200. The number of para-hydroxylation sites is 3. The van der Waals surface area contributed by atoms with E-state index in [2.05, 4.69) is 5.32 Å².